The molecule has 2 aliphatic rings. The number of amides is 3. The van der Waals surface area contributed by atoms with Crippen molar-refractivity contribution in [1.82, 2.24) is 10.2 Å². The van der Waals surface area contributed by atoms with Gasteiger partial charge in [0.15, 0.2) is 0 Å². The lowest BCUT2D eigenvalue weighted by Gasteiger charge is -2.24. The molecule has 3 unspecified atom stereocenters. The molecule has 1 heterocycles. The van der Waals surface area contributed by atoms with Crippen LogP contribution in [0.3, 0.4) is 0 Å². The molecule has 2 N–H and O–H groups in total. The molecule has 27 heavy (non-hydrogen) atoms. The van der Waals surface area contributed by atoms with Crippen molar-refractivity contribution in [3.63, 3.8) is 0 Å². The summed E-state index contributed by atoms with van der Waals surface area (Å²) in [6.07, 6.45) is 3.52. The number of hydrogen-bond donors (Lipinski definition) is 2. The van der Waals surface area contributed by atoms with Crippen LogP contribution in [0.1, 0.15) is 44.6 Å². The van der Waals surface area contributed by atoms with Crippen LogP contribution >= 0.6 is 11.6 Å². The first-order valence-corrected chi connectivity index (χ1v) is 9.78. The number of aliphatic hydroxyl groups is 1. The molecule has 7 heteroatoms. The van der Waals surface area contributed by atoms with Crippen LogP contribution in [0.5, 0.6) is 0 Å². The van der Waals surface area contributed by atoms with E-state index in [1.165, 1.54) is 4.90 Å². The summed E-state index contributed by atoms with van der Waals surface area (Å²) in [4.78, 5) is 38.3. The van der Waals surface area contributed by atoms with Crippen molar-refractivity contribution < 1.29 is 19.5 Å². The van der Waals surface area contributed by atoms with Gasteiger partial charge in [0.2, 0.25) is 17.7 Å². The van der Waals surface area contributed by atoms with Crippen LogP contribution in [0.25, 0.3) is 0 Å². The molecule has 1 aromatic rings. The van der Waals surface area contributed by atoms with E-state index in [0.717, 1.165) is 25.7 Å². The van der Waals surface area contributed by atoms with Crippen LogP contribution < -0.4 is 5.32 Å². The van der Waals surface area contributed by atoms with Gasteiger partial charge >= 0.3 is 0 Å². The van der Waals surface area contributed by atoms with Crippen molar-refractivity contribution >= 4 is 29.3 Å². The number of likely N-dealkylation sites (tertiary alicyclic amines) is 1. The minimum atomic E-state index is -1.27. The third-order valence-corrected chi connectivity index (χ3v) is 5.81. The molecule has 146 valence electrons. The van der Waals surface area contributed by atoms with E-state index in [-0.39, 0.29) is 49.1 Å². The van der Waals surface area contributed by atoms with Crippen LogP contribution in [0.15, 0.2) is 24.3 Å². The molecule has 1 aromatic carbocycles. The Balaban J connectivity index is 1.51. The standard InChI is InChI=1S/C20H25ClN2O4/c1-20(27,13-5-4-6-14(21)11-13)12-22-17(24)9-10-23-18(25)15-7-2-3-8-16(15)19(23)26/h4-6,11,15-16,27H,2-3,7-10,12H2,1H3,(H,22,24). The lowest BCUT2D eigenvalue weighted by Crippen LogP contribution is -2.40. The summed E-state index contributed by atoms with van der Waals surface area (Å²) in [5.41, 5.74) is -0.668. The van der Waals surface area contributed by atoms with Gasteiger partial charge in [-0.05, 0) is 37.5 Å². The number of imide groups is 1. The Kier molecular flexibility index (Phi) is 5.86. The molecule has 6 nitrogen and oxygen atoms in total. The minimum Gasteiger partial charge on any atom is -0.384 e. The smallest absolute Gasteiger partial charge is 0.233 e. The molecule has 0 aromatic heterocycles. The molecular formula is C20H25ClN2O4. The second kappa shape index (κ2) is 7.98. The molecule has 0 bridgehead atoms. The number of fused-ring (bicyclic) bond motifs is 1. The highest BCUT2D eigenvalue weighted by molar-refractivity contribution is 6.30. The van der Waals surface area contributed by atoms with E-state index in [9.17, 15) is 19.5 Å². The van der Waals surface area contributed by atoms with Gasteiger partial charge in [-0.15, -0.1) is 0 Å². The van der Waals surface area contributed by atoms with Crippen molar-refractivity contribution in [2.75, 3.05) is 13.1 Å². The number of hydrogen-bond acceptors (Lipinski definition) is 4. The van der Waals surface area contributed by atoms with Crippen molar-refractivity contribution in [3.05, 3.63) is 34.9 Å². The van der Waals surface area contributed by atoms with Crippen molar-refractivity contribution in [3.8, 4) is 0 Å². The predicted octanol–water partition coefficient (Wildman–Crippen LogP) is 2.23. The topological polar surface area (TPSA) is 86.7 Å². The van der Waals surface area contributed by atoms with Crippen molar-refractivity contribution in [1.29, 1.82) is 0 Å². The first kappa shape index (κ1) is 19.8. The molecule has 3 rings (SSSR count). The lowest BCUT2D eigenvalue weighted by atomic mass is 9.81. The first-order valence-electron chi connectivity index (χ1n) is 9.40. The Morgan fingerprint density at radius 1 is 1.26 bits per heavy atom. The zero-order valence-corrected chi connectivity index (χ0v) is 16.2. The van der Waals surface area contributed by atoms with E-state index in [1.807, 2.05) is 0 Å². The number of halogens is 1. The summed E-state index contributed by atoms with van der Waals surface area (Å²) >= 11 is 5.95. The molecule has 1 saturated heterocycles. The van der Waals surface area contributed by atoms with E-state index in [4.69, 9.17) is 11.6 Å². The summed E-state index contributed by atoms with van der Waals surface area (Å²) in [6.45, 7) is 1.70. The van der Waals surface area contributed by atoms with E-state index in [2.05, 4.69) is 5.32 Å². The summed E-state index contributed by atoms with van der Waals surface area (Å²) < 4.78 is 0. The van der Waals surface area contributed by atoms with E-state index in [1.54, 1.807) is 31.2 Å². The quantitative estimate of drug-likeness (QED) is 0.727. The van der Waals surface area contributed by atoms with E-state index in [0.29, 0.717) is 10.6 Å². The Labute approximate surface area is 163 Å². The highest BCUT2D eigenvalue weighted by Gasteiger charge is 2.47. The van der Waals surface area contributed by atoms with Gasteiger partial charge in [0.05, 0.1) is 18.4 Å². The van der Waals surface area contributed by atoms with Gasteiger partial charge < -0.3 is 10.4 Å². The SMILES string of the molecule is CC(O)(CNC(=O)CCN1C(=O)C2CCCCC2C1=O)c1cccc(Cl)c1. The maximum absolute atomic E-state index is 12.4. The lowest BCUT2D eigenvalue weighted by molar-refractivity contribution is -0.140. The van der Waals surface area contributed by atoms with Crippen LogP contribution in [0, 0.1) is 11.8 Å². The van der Waals surface area contributed by atoms with Gasteiger partial charge in [-0.2, -0.15) is 0 Å². The second-order valence-corrected chi connectivity index (χ2v) is 8.07. The molecule has 3 atom stereocenters. The highest BCUT2D eigenvalue weighted by atomic mass is 35.5. The van der Waals surface area contributed by atoms with Gasteiger partial charge in [-0.1, -0.05) is 36.6 Å². The average molecular weight is 393 g/mol. The summed E-state index contributed by atoms with van der Waals surface area (Å²) in [7, 11) is 0. The van der Waals surface area contributed by atoms with Crippen LogP contribution in [-0.4, -0.2) is 40.8 Å². The molecule has 0 radical (unpaired) electrons. The van der Waals surface area contributed by atoms with Crippen LogP contribution in [0.2, 0.25) is 5.02 Å². The normalized spacial score (nSPS) is 24.5. The zero-order chi connectivity index (χ0) is 19.6. The Bertz CT molecular complexity index is 725. The second-order valence-electron chi connectivity index (χ2n) is 7.64. The van der Waals surface area contributed by atoms with Gasteiger partial charge in [-0.25, -0.2) is 0 Å². The molecule has 3 amide bonds. The highest BCUT2D eigenvalue weighted by Crippen LogP contribution is 2.37. The number of carbonyl (C=O) groups is 3. The van der Waals surface area contributed by atoms with Gasteiger partial charge in [0.1, 0.15) is 5.60 Å². The maximum Gasteiger partial charge on any atom is 0.233 e. The number of nitrogens with zero attached hydrogens (tertiary/aromatic N) is 1. The Morgan fingerprint density at radius 2 is 1.89 bits per heavy atom. The average Bonchev–Trinajstić information content (AvgIpc) is 2.89. The first-order chi connectivity index (χ1) is 12.8. The fourth-order valence-corrected chi connectivity index (χ4v) is 4.14. The van der Waals surface area contributed by atoms with E-state index >= 15 is 0 Å². The van der Waals surface area contributed by atoms with E-state index < -0.39 is 5.60 Å². The molecule has 1 aliphatic heterocycles. The molecule has 0 spiro atoms. The number of carbonyl (C=O) groups excluding carboxylic acids is 3. The number of benzene rings is 1. The van der Waals surface area contributed by atoms with Crippen LogP contribution in [0.4, 0.5) is 0 Å². The van der Waals surface area contributed by atoms with Gasteiger partial charge in [0.25, 0.3) is 0 Å². The molecule has 1 saturated carbocycles. The van der Waals surface area contributed by atoms with Crippen molar-refractivity contribution in [2.45, 2.75) is 44.6 Å². The number of rotatable bonds is 6. The minimum absolute atomic E-state index is 0.0132. The monoisotopic (exact) mass is 392 g/mol. The van der Waals surface area contributed by atoms with Crippen LogP contribution in [-0.2, 0) is 20.0 Å². The summed E-state index contributed by atoms with van der Waals surface area (Å²) in [5, 5.41) is 13.8. The fraction of sp³-hybridized carbons (Fsp3) is 0.550. The molecule has 1 aliphatic carbocycles. The summed E-state index contributed by atoms with van der Waals surface area (Å²) in [5.74, 6) is -0.977. The third-order valence-electron chi connectivity index (χ3n) is 5.57. The van der Waals surface area contributed by atoms with Crippen molar-refractivity contribution in [2.24, 2.45) is 11.8 Å². The van der Waals surface area contributed by atoms with Gasteiger partial charge in [0, 0.05) is 18.0 Å². The molecule has 2 fully saturated rings. The molecular weight excluding hydrogens is 368 g/mol. The fourth-order valence-electron chi connectivity index (χ4n) is 3.95. The summed E-state index contributed by atoms with van der Waals surface area (Å²) in [6, 6.07) is 6.83. The third kappa shape index (κ3) is 4.33. The Morgan fingerprint density at radius 3 is 2.48 bits per heavy atom. The Hall–Kier alpha value is -1.92. The largest absolute Gasteiger partial charge is 0.384 e. The van der Waals surface area contributed by atoms with Gasteiger partial charge in [-0.3, -0.25) is 19.3 Å². The zero-order valence-electron chi connectivity index (χ0n) is 15.4. The maximum atomic E-state index is 12.4. The predicted molar refractivity (Wildman–Crippen MR) is 101 cm³/mol. The number of nitrogens with one attached hydrogen (secondary N) is 1.